The molecule has 25 heavy (non-hydrogen) atoms. The van der Waals surface area contributed by atoms with E-state index in [0.717, 1.165) is 64.4 Å². The standard InChI is InChI=1S/C19H29N3O3/c1-15(18-3-2-12-25-18)20-19(23)21-17-6-4-16(5-7-17)8-9-22-10-13-24-14-11-22/h4-7,15,18H,2-3,8-14H2,1H3,(H2,20,21,23)/t15-,18-/m1/s1. The molecule has 2 fully saturated rings. The highest BCUT2D eigenvalue weighted by molar-refractivity contribution is 5.89. The molecule has 0 spiro atoms. The number of hydrogen-bond acceptors (Lipinski definition) is 4. The maximum atomic E-state index is 12.1. The van der Waals surface area contributed by atoms with E-state index >= 15 is 0 Å². The molecular weight excluding hydrogens is 318 g/mol. The van der Waals surface area contributed by atoms with Crippen LogP contribution in [0.25, 0.3) is 0 Å². The van der Waals surface area contributed by atoms with Gasteiger partial charge in [-0.2, -0.15) is 0 Å². The SMILES string of the molecule is C[C@@H](NC(=O)Nc1ccc(CCN2CCOCC2)cc1)[C@H]1CCCO1. The van der Waals surface area contributed by atoms with Gasteiger partial charge in [0.15, 0.2) is 0 Å². The van der Waals surface area contributed by atoms with Gasteiger partial charge in [-0.25, -0.2) is 4.79 Å². The van der Waals surface area contributed by atoms with E-state index in [1.54, 1.807) is 0 Å². The van der Waals surface area contributed by atoms with E-state index in [2.05, 4.69) is 27.7 Å². The van der Waals surface area contributed by atoms with Crippen molar-refractivity contribution in [2.45, 2.75) is 38.3 Å². The molecule has 2 N–H and O–H groups in total. The quantitative estimate of drug-likeness (QED) is 0.828. The van der Waals surface area contributed by atoms with Crippen LogP contribution in [0.4, 0.5) is 10.5 Å². The number of urea groups is 1. The van der Waals surface area contributed by atoms with Crippen molar-refractivity contribution in [1.29, 1.82) is 0 Å². The molecule has 1 aromatic carbocycles. The van der Waals surface area contributed by atoms with Gasteiger partial charge in [0.25, 0.3) is 0 Å². The molecular formula is C19H29N3O3. The Morgan fingerprint density at radius 1 is 1.24 bits per heavy atom. The fraction of sp³-hybridized carbons (Fsp3) is 0.632. The van der Waals surface area contributed by atoms with Crippen molar-refractivity contribution in [1.82, 2.24) is 10.2 Å². The smallest absolute Gasteiger partial charge is 0.319 e. The number of nitrogens with one attached hydrogen (secondary N) is 2. The van der Waals surface area contributed by atoms with Crippen LogP contribution in [0.1, 0.15) is 25.3 Å². The van der Waals surface area contributed by atoms with Crippen LogP contribution in [-0.2, 0) is 15.9 Å². The summed E-state index contributed by atoms with van der Waals surface area (Å²) in [5, 5.41) is 5.86. The van der Waals surface area contributed by atoms with Gasteiger partial charge in [-0.15, -0.1) is 0 Å². The highest BCUT2D eigenvalue weighted by Crippen LogP contribution is 2.16. The third kappa shape index (κ3) is 5.70. The van der Waals surface area contributed by atoms with Crippen LogP contribution in [0.2, 0.25) is 0 Å². The number of anilines is 1. The van der Waals surface area contributed by atoms with E-state index in [1.807, 2.05) is 19.1 Å². The summed E-state index contributed by atoms with van der Waals surface area (Å²) in [5.41, 5.74) is 2.09. The van der Waals surface area contributed by atoms with E-state index in [1.165, 1.54) is 5.56 Å². The van der Waals surface area contributed by atoms with Crippen LogP contribution in [-0.4, -0.2) is 62.5 Å². The minimum atomic E-state index is -0.177. The minimum Gasteiger partial charge on any atom is -0.379 e. The van der Waals surface area contributed by atoms with Crippen LogP contribution in [0.15, 0.2) is 24.3 Å². The lowest BCUT2D eigenvalue weighted by Crippen LogP contribution is -2.42. The number of amides is 2. The fourth-order valence-electron chi connectivity index (χ4n) is 3.33. The van der Waals surface area contributed by atoms with E-state index in [0.29, 0.717) is 0 Å². The number of morpholine rings is 1. The first-order valence-corrected chi connectivity index (χ1v) is 9.29. The third-order valence-corrected chi connectivity index (χ3v) is 4.91. The molecule has 1 aromatic rings. The van der Waals surface area contributed by atoms with Gasteiger partial charge in [0, 0.05) is 31.9 Å². The van der Waals surface area contributed by atoms with Crippen LogP contribution < -0.4 is 10.6 Å². The van der Waals surface area contributed by atoms with E-state index in [4.69, 9.17) is 9.47 Å². The van der Waals surface area contributed by atoms with Crippen molar-refractivity contribution in [3.8, 4) is 0 Å². The Balaban J connectivity index is 1.41. The molecule has 2 aliphatic rings. The van der Waals surface area contributed by atoms with Crippen molar-refractivity contribution in [3.05, 3.63) is 29.8 Å². The lowest BCUT2D eigenvalue weighted by atomic mass is 10.1. The van der Waals surface area contributed by atoms with Gasteiger partial charge in [-0.05, 0) is 43.9 Å². The Kier molecular flexibility index (Phi) is 6.67. The zero-order chi connectivity index (χ0) is 17.5. The molecule has 0 radical (unpaired) electrons. The number of ether oxygens (including phenoxy) is 2. The summed E-state index contributed by atoms with van der Waals surface area (Å²) in [6, 6.07) is 7.94. The number of hydrogen-bond donors (Lipinski definition) is 2. The molecule has 6 heteroatoms. The summed E-state index contributed by atoms with van der Waals surface area (Å²) in [4.78, 5) is 14.5. The first-order chi connectivity index (χ1) is 12.2. The zero-order valence-corrected chi connectivity index (χ0v) is 15.0. The molecule has 6 nitrogen and oxygen atoms in total. The number of rotatable bonds is 6. The second-order valence-corrected chi connectivity index (χ2v) is 6.84. The van der Waals surface area contributed by atoms with Crippen molar-refractivity contribution in [2.75, 3.05) is 44.8 Å². The monoisotopic (exact) mass is 347 g/mol. The average molecular weight is 347 g/mol. The van der Waals surface area contributed by atoms with Crippen LogP contribution in [0.3, 0.4) is 0 Å². The Morgan fingerprint density at radius 3 is 2.68 bits per heavy atom. The number of benzene rings is 1. The van der Waals surface area contributed by atoms with Crippen molar-refractivity contribution < 1.29 is 14.3 Å². The molecule has 2 amide bonds. The largest absolute Gasteiger partial charge is 0.379 e. The van der Waals surface area contributed by atoms with Gasteiger partial charge in [0.05, 0.1) is 25.4 Å². The molecule has 0 saturated carbocycles. The van der Waals surface area contributed by atoms with Gasteiger partial charge in [-0.1, -0.05) is 12.1 Å². The number of carbonyl (C=O) groups is 1. The molecule has 3 rings (SSSR count). The van der Waals surface area contributed by atoms with Crippen molar-refractivity contribution >= 4 is 11.7 Å². The normalized spacial score (nSPS) is 22.5. The highest BCUT2D eigenvalue weighted by Gasteiger charge is 2.23. The lowest BCUT2D eigenvalue weighted by molar-refractivity contribution is 0.0384. The summed E-state index contributed by atoms with van der Waals surface area (Å²) in [6.45, 7) is 7.54. The molecule has 0 aliphatic carbocycles. The predicted molar refractivity (Wildman–Crippen MR) is 98.0 cm³/mol. The Morgan fingerprint density at radius 2 is 2.00 bits per heavy atom. The maximum absolute atomic E-state index is 12.1. The van der Waals surface area contributed by atoms with Gasteiger partial charge >= 0.3 is 6.03 Å². The fourth-order valence-corrected chi connectivity index (χ4v) is 3.33. The molecule has 0 unspecified atom stereocenters. The summed E-state index contributed by atoms with van der Waals surface area (Å²) < 4.78 is 11.0. The summed E-state index contributed by atoms with van der Waals surface area (Å²) in [6.07, 6.45) is 3.24. The van der Waals surface area contributed by atoms with E-state index in [9.17, 15) is 4.79 Å². The topological polar surface area (TPSA) is 62.8 Å². The Bertz CT molecular complexity index is 537. The van der Waals surface area contributed by atoms with Gasteiger partial charge in [0.2, 0.25) is 0 Å². The minimum absolute atomic E-state index is 0.0234. The number of nitrogens with zero attached hydrogens (tertiary/aromatic N) is 1. The predicted octanol–water partition coefficient (Wildman–Crippen LogP) is 2.25. The second-order valence-electron chi connectivity index (χ2n) is 6.84. The lowest BCUT2D eigenvalue weighted by Gasteiger charge is -2.26. The third-order valence-electron chi connectivity index (χ3n) is 4.91. The molecule has 0 aromatic heterocycles. The molecule has 2 heterocycles. The van der Waals surface area contributed by atoms with Gasteiger partial charge < -0.3 is 20.1 Å². The van der Waals surface area contributed by atoms with Crippen LogP contribution >= 0.6 is 0 Å². The average Bonchev–Trinajstić information content (AvgIpc) is 3.17. The molecule has 2 atom stereocenters. The van der Waals surface area contributed by atoms with Crippen molar-refractivity contribution in [3.63, 3.8) is 0 Å². The molecule has 2 saturated heterocycles. The molecule has 0 bridgehead atoms. The zero-order valence-electron chi connectivity index (χ0n) is 15.0. The van der Waals surface area contributed by atoms with Crippen LogP contribution in [0, 0.1) is 0 Å². The van der Waals surface area contributed by atoms with Crippen LogP contribution in [0.5, 0.6) is 0 Å². The van der Waals surface area contributed by atoms with E-state index in [-0.39, 0.29) is 18.2 Å². The maximum Gasteiger partial charge on any atom is 0.319 e. The molecule has 2 aliphatic heterocycles. The number of carbonyl (C=O) groups excluding carboxylic acids is 1. The molecule has 138 valence electrons. The second kappa shape index (κ2) is 9.17. The summed E-state index contributed by atoms with van der Waals surface area (Å²) in [5.74, 6) is 0. The van der Waals surface area contributed by atoms with Gasteiger partial charge in [0.1, 0.15) is 0 Å². The highest BCUT2D eigenvalue weighted by atomic mass is 16.5. The van der Waals surface area contributed by atoms with E-state index < -0.39 is 0 Å². The Hall–Kier alpha value is -1.63. The van der Waals surface area contributed by atoms with Gasteiger partial charge in [-0.3, -0.25) is 4.90 Å². The van der Waals surface area contributed by atoms with Crippen molar-refractivity contribution in [2.24, 2.45) is 0 Å². The first-order valence-electron chi connectivity index (χ1n) is 9.29. The first kappa shape index (κ1) is 18.2. The Labute approximate surface area is 149 Å². The summed E-state index contributed by atoms with van der Waals surface area (Å²) >= 11 is 0. The summed E-state index contributed by atoms with van der Waals surface area (Å²) in [7, 11) is 0.